The standard InChI is InChI=1S/C7H7NO3.Na.H/c8-4-1-2-6(9)5(3-4)7(10)11;;/h1-3,9H,8H2,(H,10,11);;/q;+1;-1. The maximum atomic E-state index is 10.4. The van der Waals surface area contributed by atoms with E-state index in [0.717, 1.165) is 0 Å². The van der Waals surface area contributed by atoms with E-state index in [1.165, 1.54) is 18.2 Å². The van der Waals surface area contributed by atoms with Crippen molar-refractivity contribution in [3.63, 3.8) is 0 Å². The molecule has 0 radical (unpaired) electrons. The van der Waals surface area contributed by atoms with Gasteiger partial charge in [0.25, 0.3) is 0 Å². The van der Waals surface area contributed by atoms with Crippen LogP contribution in [0.3, 0.4) is 0 Å². The molecular weight excluding hydrogens is 169 g/mol. The third kappa shape index (κ3) is 2.41. The molecule has 0 saturated carbocycles. The summed E-state index contributed by atoms with van der Waals surface area (Å²) in [6, 6.07) is 3.89. The molecule has 0 aromatic heterocycles. The minimum atomic E-state index is -1.19. The van der Waals surface area contributed by atoms with Crippen LogP contribution in [-0.2, 0) is 0 Å². The van der Waals surface area contributed by atoms with Crippen LogP contribution in [0.2, 0.25) is 0 Å². The molecule has 0 saturated heterocycles. The van der Waals surface area contributed by atoms with Crippen LogP contribution in [0.15, 0.2) is 18.2 Å². The molecule has 0 spiro atoms. The van der Waals surface area contributed by atoms with Crippen molar-refractivity contribution in [3.8, 4) is 5.75 Å². The maximum Gasteiger partial charge on any atom is 1.00 e. The van der Waals surface area contributed by atoms with Crippen LogP contribution in [0.5, 0.6) is 5.75 Å². The van der Waals surface area contributed by atoms with Gasteiger partial charge in [-0.1, -0.05) is 0 Å². The van der Waals surface area contributed by atoms with E-state index in [2.05, 4.69) is 0 Å². The van der Waals surface area contributed by atoms with Gasteiger partial charge in [-0.05, 0) is 18.2 Å². The number of benzene rings is 1. The van der Waals surface area contributed by atoms with Crippen molar-refractivity contribution in [2.24, 2.45) is 0 Å². The Labute approximate surface area is 92.8 Å². The first kappa shape index (κ1) is 11.3. The van der Waals surface area contributed by atoms with Gasteiger partial charge >= 0.3 is 35.5 Å². The number of aromatic carboxylic acids is 1. The molecule has 1 rings (SSSR count). The summed E-state index contributed by atoms with van der Waals surface area (Å²) in [7, 11) is 0. The number of aromatic hydroxyl groups is 1. The van der Waals surface area contributed by atoms with E-state index in [1.807, 2.05) is 0 Å². The Hall–Kier alpha value is -0.710. The average Bonchev–Trinajstić information content (AvgIpc) is 1.94. The third-order valence-corrected chi connectivity index (χ3v) is 1.25. The van der Waals surface area contributed by atoms with Crippen LogP contribution in [0.1, 0.15) is 11.8 Å². The Morgan fingerprint density at radius 3 is 2.50 bits per heavy atom. The number of carboxylic acids is 1. The number of phenols is 1. The summed E-state index contributed by atoms with van der Waals surface area (Å²) in [5.41, 5.74) is 5.43. The Kier molecular flexibility index (Phi) is 4.09. The zero-order chi connectivity index (χ0) is 8.43. The molecule has 0 fully saturated rings. The predicted octanol–water partition coefficient (Wildman–Crippen LogP) is -2.21. The molecule has 0 unspecified atom stereocenters. The largest absolute Gasteiger partial charge is 1.00 e. The number of carbonyl (C=O) groups is 1. The van der Waals surface area contributed by atoms with Gasteiger partial charge in [-0.3, -0.25) is 0 Å². The molecule has 0 aliphatic heterocycles. The molecule has 0 atom stereocenters. The van der Waals surface area contributed by atoms with E-state index in [1.54, 1.807) is 0 Å². The summed E-state index contributed by atoms with van der Waals surface area (Å²) in [5, 5.41) is 17.4. The van der Waals surface area contributed by atoms with E-state index in [9.17, 15) is 4.79 Å². The molecule has 0 bridgehead atoms. The molecule has 5 heteroatoms. The van der Waals surface area contributed by atoms with Crippen LogP contribution in [0, 0.1) is 0 Å². The smallest absolute Gasteiger partial charge is 1.00 e. The maximum absolute atomic E-state index is 10.4. The van der Waals surface area contributed by atoms with Gasteiger partial charge in [0.05, 0.1) is 0 Å². The summed E-state index contributed by atoms with van der Waals surface area (Å²) >= 11 is 0. The quantitative estimate of drug-likeness (QED) is 0.258. The molecule has 0 amide bonds. The van der Waals surface area contributed by atoms with Crippen molar-refractivity contribution in [3.05, 3.63) is 23.8 Å². The predicted molar refractivity (Wildman–Crippen MR) is 40.6 cm³/mol. The van der Waals surface area contributed by atoms with E-state index in [0.29, 0.717) is 5.69 Å². The third-order valence-electron chi connectivity index (χ3n) is 1.25. The van der Waals surface area contributed by atoms with Gasteiger partial charge in [-0.2, -0.15) is 0 Å². The van der Waals surface area contributed by atoms with Crippen LogP contribution >= 0.6 is 0 Å². The van der Waals surface area contributed by atoms with E-state index < -0.39 is 5.97 Å². The van der Waals surface area contributed by atoms with E-state index >= 15 is 0 Å². The zero-order valence-electron chi connectivity index (χ0n) is 7.61. The molecule has 0 aliphatic rings. The summed E-state index contributed by atoms with van der Waals surface area (Å²) in [5.74, 6) is -1.46. The number of nitrogens with two attached hydrogens (primary N) is 1. The van der Waals surface area contributed by atoms with Gasteiger partial charge in [0, 0.05) is 5.69 Å². The molecule has 12 heavy (non-hydrogen) atoms. The number of anilines is 1. The molecule has 4 nitrogen and oxygen atoms in total. The first-order chi connectivity index (χ1) is 5.11. The number of hydrogen-bond donors (Lipinski definition) is 3. The van der Waals surface area contributed by atoms with Gasteiger partial charge in [0.15, 0.2) is 0 Å². The molecule has 1 aromatic carbocycles. The summed E-state index contributed by atoms with van der Waals surface area (Å²) < 4.78 is 0. The fraction of sp³-hybridized carbons (Fsp3) is 0. The number of nitrogen functional groups attached to an aromatic ring is 1. The number of carboxylic acid groups (broad SMARTS) is 1. The molecule has 0 heterocycles. The van der Waals surface area contributed by atoms with Crippen molar-refractivity contribution in [1.29, 1.82) is 0 Å². The monoisotopic (exact) mass is 177 g/mol. The molecule has 60 valence electrons. The van der Waals surface area contributed by atoms with Crippen LogP contribution < -0.4 is 35.3 Å². The van der Waals surface area contributed by atoms with Crippen molar-refractivity contribution in [2.75, 3.05) is 5.73 Å². The second-order valence-corrected chi connectivity index (χ2v) is 2.08. The first-order valence-corrected chi connectivity index (χ1v) is 2.93. The summed E-state index contributed by atoms with van der Waals surface area (Å²) in [6.45, 7) is 0. The summed E-state index contributed by atoms with van der Waals surface area (Å²) in [4.78, 5) is 10.4. The molecule has 1 aromatic rings. The minimum absolute atomic E-state index is 0. The number of rotatable bonds is 1. The van der Waals surface area contributed by atoms with Crippen molar-refractivity contribution >= 4 is 11.7 Å². The van der Waals surface area contributed by atoms with Gasteiger partial charge in [0.1, 0.15) is 11.3 Å². The van der Waals surface area contributed by atoms with Crippen LogP contribution in [0.4, 0.5) is 5.69 Å². The minimum Gasteiger partial charge on any atom is -1.00 e. The van der Waals surface area contributed by atoms with Crippen LogP contribution in [0.25, 0.3) is 0 Å². The number of hydrogen-bond acceptors (Lipinski definition) is 3. The van der Waals surface area contributed by atoms with Crippen molar-refractivity contribution in [2.45, 2.75) is 0 Å². The van der Waals surface area contributed by atoms with Gasteiger partial charge in [-0.25, -0.2) is 4.79 Å². The Morgan fingerprint density at radius 1 is 1.50 bits per heavy atom. The molecule has 4 N–H and O–H groups in total. The molecule has 0 aliphatic carbocycles. The van der Waals surface area contributed by atoms with Crippen molar-refractivity contribution in [1.82, 2.24) is 0 Å². The van der Waals surface area contributed by atoms with E-state index in [4.69, 9.17) is 15.9 Å². The van der Waals surface area contributed by atoms with E-state index in [-0.39, 0.29) is 42.3 Å². The average molecular weight is 177 g/mol. The fourth-order valence-electron chi connectivity index (χ4n) is 0.725. The van der Waals surface area contributed by atoms with Gasteiger partial charge in [0.2, 0.25) is 0 Å². The zero-order valence-corrected chi connectivity index (χ0v) is 8.61. The summed E-state index contributed by atoms with van der Waals surface area (Å²) in [6.07, 6.45) is 0. The Bertz CT molecular complexity index is 306. The second kappa shape index (κ2) is 4.35. The Balaban J connectivity index is 0. The van der Waals surface area contributed by atoms with Gasteiger partial charge in [-0.15, -0.1) is 0 Å². The Morgan fingerprint density at radius 2 is 2.08 bits per heavy atom. The SMILES string of the molecule is Nc1ccc(O)c(C(=O)O)c1.[H-].[Na+]. The molecular formula is C7H8NNaO3. The van der Waals surface area contributed by atoms with Crippen molar-refractivity contribution < 1.29 is 46.0 Å². The fourth-order valence-corrected chi connectivity index (χ4v) is 0.725. The normalized spacial score (nSPS) is 8.67. The second-order valence-electron chi connectivity index (χ2n) is 2.08. The van der Waals surface area contributed by atoms with Gasteiger partial charge < -0.3 is 17.4 Å². The first-order valence-electron chi connectivity index (χ1n) is 2.93. The topological polar surface area (TPSA) is 83.5 Å². The van der Waals surface area contributed by atoms with Crippen LogP contribution in [-0.4, -0.2) is 16.2 Å².